The van der Waals surface area contributed by atoms with Crippen LogP contribution in [0, 0.1) is 5.92 Å². The predicted octanol–water partition coefficient (Wildman–Crippen LogP) is 3.49. The minimum atomic E-state index is -3.47. The number of hydrogen-bond donors (Lipinski definition) is 2. The highest BCUT2D eigenvalue weighted by molar-refractivity contribution is 7.89. The van der Waals surface area contributed by atoms with Crippen molar-refractivity contribution in [2.24, 2.45) is 5.92 Å². The van der Waals surface area contributed by atoms with Crippen LogP contribution in [0.4, 0.5) is 0 Å². The summed E-state index contributed by atoms with van der Waals surface area (Å²) in [6.45, 7) is 4.06. The summed E-state index contributed by atoms with van der Waals surface area (Å²) in [7, 11) is -2.15. The van der Waals surface area contributed by atoms with Gasteiger partial charge in [-0.1, -0.05) is 35.9 Å². The molecule has 1 fully saturated rings. The van der Waals surface area contributed by atoms with Gasteiger partial charge in [-0.25, -0.2) is 17.8 Å². The molecule has 2 atom stereocenters. The van der Waals surface area contributed by atoms with E-state index in [9.17, 15) is 22.8 Å². The van der Waals surface area contributed by atoms with Gasteiger partial charge in [-0.15, -0.1) is 5.10 Å². The molecule has 1 unspecified atom stereocenters. The maximum Gasteiger partial charge on any atom is 0.309 e. The van der Waals surface area contributed by atoms with Crippen molar-refractivity contribution in [2.45, 2.75) is 50.8 Å². The lowest BCUT2D eigenvalue weighted by molar-refractivity contribution is -0.139. The minimum absolute atomic E-state index is 0.0910. The lowest BCUT2D eigenvalue weighted by Gasteiger charge is -2.34. The van der Waals surface area contributed by atoms with Crippen molar-refractivity contribution < 1.29 is 22.7 Å². The minimum Gasteiger partial charge on any atom is -0.469 e. The fraction of sp³-hybridized carbons (Fsp3) is 0.364. The number of tetrazole rings is 1. The number of sulfonamides is 1. The van der Waals surface area contributed by atoms with Crippen molar-refractivity contribution in [3.05, 3.63) is 93.1 Å². The highest BCUT2D eigenvalue weighted by Gasteiger charge is 2.33. The number of H-pyrrole nitrogens is 1. The Bertz CT molecular complexity index is 1980. The number of aromatic amines is 1. The molecule has 49 heavy (non-hydrogen) atoms. The van der Waals surface area contributed by atoms with Crippen LogP contribution >= 0.6 is 11.6 Å². The van der Waals surface area contributed by atoms with Gasteiger partial charge in [0.05, 0.1) is 41.8 Å². The molecule has 4 aromatic rings. The van der Waals surface area contributed by atoms with Crippen LogP contribution in [0.5, 0.6) is 0 Å². The zero-order chi connectivity index (χ0) is 35.1. The third-order valence-corrected chi connectivity index (χ3v) is 10.8. The van der Waals surface area contributed by atoms with Gasteiger partial charge >= 0.3 is 5.97 Å². The van der Waals surface area contributed by atoms with Gasteiger partial charge < -0.3 is 10.1 Å². The third-order valence-electron chi connectivity index (χ3n) is 8.34. The van der Waals surface area contributed by atoms with Gasteiger partial charge in [0.2, 0.25) is 15.9 Å². The number of rotatable bonds is 12. The Kier molecular flexibility index (Phi) is 11.4. The summed E-state index contributed by atoms with van der Waals surface area (Å²) in [4.78, 5) is 38.2. The molecule has 258 valence electrons. The molecule has 0 radical (unpaired) electrons. The average molecular weight is 709 g/mol. The molecule has 0 saturated carbocycles. The molecule has 0 aliphatic carbocycles. The van der Waals surface area contributed by atoms with Gasteiger partial charge in [0.15, 0.2) is 0 Å². The van der Waals surface area contributed by atoms with Crippen LogP contribution in [-0.2, 0) is 30.8 Å². The maximum atomic E-state index is 13.5. The van der Waals surface area contributed by atoms with Gasteiger partial charge in [-0.05, 0) is 90.9 Å². The molecule has 0 spiro atoms. The van der Waals surface area contributed by atoms with Crippen molar-refractivity contribution in [3.8, 4) is 16.8 Å². The van der Waals surface area contributed by atoms with Gasteiger partial charge in [0.1, 0.15) is 6.33 Å². The summed E-state index contributed by atoms with van der Waals surface area (Å²) < 4.78 is 33.7. The Morgan fingerprint density at radius 1 is 1.16 bits per heavy atom. The van der Waals surface area contributed by atoms with Crippen LogP contribution in [0.2, 0.25) is 5.02 Å². The normalized spacial score (nSPS) is 16.1. The first kappa shape index (κ1) is 35.6. The number of nitrogens with zero attached hydrogens (tertiary/aromatic N) is 6. The van der Waals surface area contributed by atoms with Gasteiger partial charge in [-0.3, -0.25) is 14.4 Å². The molecular formula is C33H37ClN8O6S. The highest BCUT2D eigenvalue weighted by Crippen LogP contribution is 2.30. The predicted molar refractivity (Wildman–Crippen MR) is 183 cm³/mol. The van der Waals surface area contributed by atoms with E-state index in [-0.39, 0.29) is 18.3 Å². The quantitative estimate of drug-likeness (QED) is 0.163. The maximum absolute atomic E-state index is 13.5. The Balaban J connectivity index is 1.44. The number of ether oxygens (including phenoxy) is 1. The van der Waals surface area contributed by atoms with Gasteiger partial charge in [-0.2, -0.15) is 9.78 Å². The number of halogens is 1. The standard InChI is InChI=1S/C33H37ClN8O6S/c1-21(2)49(46,47)41-14-4-5-23(19-41)15-28(36-31(43)13-10-25-17-26(34)11-12-30(25)42-20-35-39-40-42)29-18-27(33(45)38-37-29)24-8-6-22(7-9-24)16-32(44)48-3/h6-13,17-18,20-21,23,28H,4-5,14-16,19H2,1-3H3,(H,36,43)(H,38,45)/b13-10+/t23?,28-/m0/s1. The van der Waals surface area contributed by atoms with E-state index in [2.05, 4.69) is 31.0 Å². The monoisotopic (exact) mass is 708 g/mol. The lowest BCUT2D eigenvalue weighted by Crippen LogP contribution is -2.44. The van der Waals surface area contributed by atoms with Crippen molar-refractivity contribution >= 4 is 39.6 Å². The van der Waals surface area contributed by atoms with Crippen molar-refractivity contribution in [2.75, 3.05) is 20.2 Å². The molecule has 16 heteroatoms. The number of hydrogen-bond acceptors (Lipinski definition) is 10. The molecule has 2 aromatic carbocycles. The summed E-state index contributed by atoms with van der Waals surface area (Å²) in [5, 5.41) is 21.1. The van der Waals surface area contributed by atoms with Crippen LogP contribution in [0.3, 0.4) is 0 Å². The number of esters is 1. The van der Waals surface area contributed by atoms with E-state index in [1.165, 1.54) is 28.5 Å². The first-order valence-electron chi connectivity index (χ1n) is 15.7. The van der Waals surface area contributed by atoms with E-state index >= 15 is 0 Å². The number of aromatic nitrogens is 6. The SMILES string of the molecule is COC(=O)Cc1ccc(-c2cc([C@H](CC3CCCN(S(=O)(=O)C(C)C)C3)NC(=O)/C=C/c3cc(Cl)ccc3-n3cnnn3)n[nH]c2=O)cc1. The summed E-state index contributed by atoms with van der Waals surface area (Å²) in [5.74, 6) is -0.920. The number of nitrogens with one attached hydrogen (secondary N) is 2. The van der Waals surface area contributed by atoms with Crippen molar-refractivity contribution in [1.29, 1.82) is 0 Å². The lowest BCUT2D eigenvalue weighted by atomic mass is 9.90. The summed E-state index contributed by atoms with van der Waals surface area (Å²) in [6, 6.07) is 13.0. The van der Waals surface area contributed by atoms with Crippen molar-refractivity contribution in [3.63, 3.8) is 0 Å². The summed E-state index contributed by atoms with van der Waals surface area (Å²) in [5.41, 5.74) is 2.79. The second-order valence-electron chi connectivity index (χ2n) is 12.0. The van der Waals surface area contributed by atoms with Crippen LogP contribution in [-0.4, -0.2) is 80.5 Å². The molecule has 5 rings (SSSR count). The van der Waals surface area contributed by atoms with Crippen LogP contribution in [0.1, 0.15) is 56.0 Å². The second-order valence-corrected chi connectivity index (χ2v) is 15.0. The van der Waals surface area contributed by atoms with Crippen molar-refractivity contribution in [1.82, 2.24) is 40.0 Å². The van der Waals surface area contributed by atoms with Crippen LogP contribution < -0.4 is 10.9 Å². The van der Waals surface area contributed by atoms with E-state index in [0.717, 1.165) is 12.0 Å². The Labute approximate surface area is 288 Å². The molecule has 2 aromatic heterocycles. The number of benzene rings is 2. The van der Waals surface area contributed by atoms with Gasteiger partial charge in [0, 0.05) is 29.8 Å². The highest BCUT2D eigenvalue weighted by atomic mass is 35.5. The van der Waals surface area contributed by atoms with E-state index in [1.807, 2.05) is 0 Å². The largest absolute Gasteiger partial charge is 0.469 e. The molecule has 0 bridgehead atoms. The average Bonchev–Trinajstić information content (AvgIpc) is 3.63. The van der Waals surface area contributed by atoms with E-state index in [4.69, 9.17) is 16.3 Å². The molecule has 1 aliphatic heterocycles. The summed E-state index contributed by atoms with van der Waals surface area (Å²) >= 11 is 6.25. The molecule has 14 nitrogen and oxygen atoms in total. The number of methoxy groups -OCH3 is 1. The fourth-order valence-electron chi connectivity index (χ4n) is 5.72. The Hall–Kier alpha value is -4.73. The van der Waals surface area contributed by atoms with E-state index in [1.54, 1.807) is 68.5 Å². The molecule has 1 saturated heterocycles. The zero-order valence-corrected chi connectivity index (χ0v) is 28.8. The Morgan fingerprint density at radius 2 is 1.94 bits per heavy atom. The smallest absolute Gasteiger partial charge is 0.309 e. The molecule has 1 amide bonds. The number of amides is 1. The molecular weight excluding hydrogens is 672 g/mol. The van der Waals surface area contributed by atoms with Crippen LogP contribution in [0.15, 0.2) is 65.7 Å². The zero-order valence-electron chi connectivity index (χ0n) is 27.2. The van der Waals surface area contributed by atoms with E-state index in [0.29, 0.717) is 59.0 Å². The molecule has 1 aliphatic rings. The second kappa shape index (κ2) is 15.7. The van der Waals surface area contributed by atoms with Crippen LogP contribution in [0.25, 0.3) is 22.9 Å². The molecule has 3 heterocycles. The number of carbonyl (C=O) groups is 2. The summed E-state index contributed by atoms with van der Waals surface area (Å²) in [6.07, 6.45) is 6.26. The topological polar surface area (TPSA) is 182 Å². The Morgan fingerprint density at radius 3 is 2.63 bits per heavy atom. The molecule has 2 N–H and O–H groups in total. The number of carbonyl (C=O) groups excluding carboxylic acids is 2. The third kappa shape index (κ3) is 8.85. The van der Waals surface area contributed by atoms with Gasteiger partial charge in [0.25, 0.3) is 5.56 Å². The van der Waals surface area contributed by atoms with E-state index < -0.39 is 32.8 Å². The first-order valence-corrected chi connectivity index (χ1v) is 17.6. The number of piperidine rings is 1. The fourth-order valence-corrected chi connectivity index (χ4v) is 7.29. The first-order chi connectivity index (χ1) is 23.4.